The number of carbonyl (C=O) groups excluding carboxylic acids is 4. The summed E-state index contributed by atoms with van der Waals surface area (Å²) >= 11 is 1.36. The number of amides is 2. The van der Waals surface area contributed by atoms with Gasteiger partial charge in [0.1, 0.15) is 5.70 Å². The van der Waals surface area contributed by atoms with Crippen molar-refractivity contribution in [3.8, 4) is 0 Å². The molecule has 8 atom stereocenters. The lowest BCUT2D eigenvalue weighted by molar-refractivity contribution is -0.163. The van der Waals surface area contributed by atoms with Gasteiger partial charge in [-0.15, -0.1) is 11.8 Å². The van der Waals surface area contributed by atoms with Gasteiger partial charge in [0.05, 0.1) is 37.2 Å². The Morgan fingerprint density at radius 1 is 1.11 bits per heavy atom. The van der Waals surface area contributed by atoms with Crippen molar-refractivity contribution < 1.29 is 43.7 Å². The van der Waals surface area contributed by atoms with Gasteiger partial charge in [-0.2, -0.15) is 0 Å². The number of fused-ring (bicyclic) bond motifs is 1. The van der Waals surface area contributed by atoms with E-state index in [1.54, 1.807) is 0 Å². The summed E-state index contributed by atoms with van der Waals surface area (Å²) in [4.78, 5) is 64.0. The average molecular weight is 526 g/mol. The molecule has 0 spiro atoms. The molecule has 198 valence electrons. The number of ether oxygens (including phenoxy) is 2. The molecule has 0 unspecified atom stereocenters. The Morgan fingerprint density at radius 2 is 1.69 bits per heavy atom. The Labute approximate surface area is 212 Å². The van der Waals surface area contributed by atoms with Gasteiger partial charge in [-0.05, 0) is 13.3 Å². The van der Waals surface area contributed by atoms with E-state index in [1.165, 1.54) is 42.3 Å². The van der Waals surface area contributed by atoms with Crippen LogP contribution >= 0.6 is 11.8 Å². The second kappa shape index (κ2) is 10.0. The van der Waals surface area contributed by atoms with E-state index in [0.29, 0.717) is 17.9 Å². The maximum atomic E-state index is 13.2. The van der Waals surface area contributed by atoms with Crippen LogP contribution in [0.3, 0.4) is 0 Å². The van der Waals surface area contributed by atoms with Crippen LogP contribution in [0.15, 0.2) is 10.6 Å². The summed E-state index contributed by atoms with van der Waals surface area (Å²) in [7, 11) is 0. The van der Waals surface area contributed by atoms with Crippen molar-refractivity contribution in [3.63, 3.8) is 0 Å². The summed E-state index contributed by atoms with van der Waals surface area (Å²) < 4.78 is 10.5. The molecule has 4 aliphatic rings. The largest absolute Gasteiger partial charge is 0.477 e. The quantitative estimate of drug-likeness (QED) is 0.285. The first-order chi connectivity index (χ1) is 16.9. The number of aliphatic hydroxyl groups is 1. The minimum Gasteiger partial charge on any atom is -0.477 e. The van der Waals surface area contributed by atoms with Gasteiger partial charge in [0, 0.05) is 36.5 Å². The number of carboxylic acids is 1. The van der Waals surface area contributed by atoms with Crippen molar-refractivity contribution in [2.75, 3.05) is 19.6 Å². The van der Waals surface area contributed by atoms with Crippen molar-refractivity contribution in [1.29, 1.82) is 0 Å². The Morgan fingerprint density at radius 3 is 2.19 bits per heavy atom. The van der Waals surface area contributed by atoms with Crippen LogP contribution in [-0.4, -0.2) is 105 Å². The van der Waals surface area contributed by atoms with Gasteiger partial charge in [0.25, 0.3) is 0 Å². The minimum absolute atomic E-state index is 0.0397. The predicted molar refractivity (Wildman–Crippen MR) is 125 cm³/mol. The van der Waals surface area contributed by atoms with Gasteiger partial charge in [-0.25, -0.2) is 4.79 Å². The molecule has 4 aliphatic heterocycles. The van der Waals surface area contributed by atoms with Crippen LogP contribution in [0.2, 0.25) is 0 Å². The topological polar surface area (TPSA) is 163 Å². The fraction of sp³-hybridized carbons (Fsp3) is 0.696. The third kappa shape index (κ3) is 4.71. The molecule has 2 amide bonds. The van der Waals surface area contributed by atoms with Crippen LogP contribution in [0.1, 0.15) is 34.1 Å². The van der Waals surface area contributed by atoms with E-state index in [2.05, 4.69) is 5.32 Å². The van der Waals surface area contributed by atoms with Crippen molar-refractivity contribution in [3.05, 3.63) is 10.6 Å². The number of rotatable bonds is 7. The highest BCUT2D eigenvalue weighted by Crippen LogP contribution is 2.51. The van der Waals surface area contributed by atoms with Crippen LogP contribution in [-0.2, 0) is 33.4 Å². The van der Waals surface area contributed by atoms with E-state index in [0.717, 1.165) is 0 Å². The molecule has 0 aromatic heterocycles. The molecule has 0 bridgehead atoms. The Kier molecular flexibility index (Phi) is 7.35. The molecule has 36 heavy (non-hydrogen) atoms. The van der Waals surface area contributed by atoms with Crippen LogP contribution in [0.5, 0.6) is 0 Å². The molecule has 4 heterocycles. The molecule has 0 aromatic carbocycles. The number of carboxylic acid groups (broad SMARTS) is 1. The van der Waals surface area contributed by atoms with E-state index < -0.39 is 48.2 Å². The molecule has 0 aromatic rings. The zero-order chi connectivity index (χ0) is 26.5. The average Bonchev–Trinajstić information content (AvgIpc) is 3.44. The van der Waals surface area contributed by atoms with Crippen molar-refractivity contribution in [2.45, 2.75) is 69.8 Å². The number of carbonyl (C=O) groups is 5. The zero-order valence-corrected chi connectivity index (χ0v) is 21.3. The number of thioether (sulfide) groups is 1. The minimum atomic E-state index is -1.19. The molecular formula is C23H31N3O9S. The van der Waals surface area contributed by atoms with E-state index in [9.17, 15) is 34.2 Å². The van der Waals surface area contributed by atoms with E-state index in [1.807, 2.05) is 6.92 Å². The highest BCUT2D eigenvalue weighted by Gasteiger charge is 2.60. The number of hydrogen-bond acceptors (Lipinski definition) is 10. The van der Waals surface area contributed by atoms with Gasteiger partial charge in [-0.3, -0.25) is 19.2 Å². The molecule has 0 aliphatic carbocycles. The number of esters is 2. The van der Waals surface area contributed by atoms with Crippen molar-refractivity contribution in [2.24, 2.45) is 11.8 Å². The first-order valence-electron chi connectivity index (χ1n) is 11.9. The summed E-state index contributed by atoms with van der Waals surface area (Å²) in [5, 5.41) is 22.9. The number of hydrogen-bond donors (Lipinski definition) is 3. The van der Waals surface area contributed by atoms with E-state index >= 15 is 0 Å². The Bertz CT molecular complexity index is 991. The fourth-order valence-electron chi connectivity index (χ4n) is 5.64. The van der Waals surface area contributed by atoms with Gasteiger partial charge in [0.15, 0.2) is 12.2 Å². The number of β-lactam (4-membered cyclic amide) rings is 1. The van der Waals surface area contributed by atoms with E-state index in [4.69, 9.17) is 9.47 Å². The zero-order valence-electron chi connectivity index (χ0n) is 20.5. The Balaban J connectivity index is 1.42. The standard InChI is InChI=1S/C23H31N3O9S/c1-9-18-17(10(2)27)22(31)26(18)19(23(32)33)20(9)36-13-5-14(24-6-13)21(30)25-7-15(34-11(3)28)16(8-25)35-12(4)29/h9-10,13-18,24,27H,5-8H2,1-4H3,(H,32,33)/t9-,10-,13+,14+,15-,16-,17-,18-/m1/s1. The number of likely N-dealkylation sites (tertiary alicyclic amines) is 1. The maximum absolute atomic E-state index is 13.2. The predicted octanol–water partition coefficient (Wildman–Crippen LogP) is -0.691. The molecule has 3 fully saturated rings. The first-order valence-corrected chi connectivity index (χ1v) is 12.8. The highest BCUT2D eigenvalue weighted by molar-refractivity contribution is 8.03. The van der Waals surface area contributed by atoms with Crippen LogP contribution in [0.4, 0.5) is 0 Å². The summed E-state index contributed by atoms with van der Waals surface area (Å²) in [6, 6.07) is -0.926. The molecular weight excluding hydrogens is 494 g/mol. The number of nitrogens with one attached hydrogen (secondary N) is 1. The first kappa shape index (κ1) is 26.4. The van der Waals surface area contributed by atoms with Crippen molar-refractivity contribution >= 4 is 41.5 Å². The van der Waals surface area contributed by atoms with E-state index in [-0.39, 0.29) is 47.8 Å². The fourth-order valence-corrected chi connectivity index (χ4v) is 7.12. The summed E-state index contributed by atoms with van der Waals surface area (Å²) in [6.07, 6.45) is -1.93. The van der Waals surface area contributed by atoms with Gasteiger partial charge < -0.3 is 34.8 Å². The molecule has 3 saturated heterocycles. The lowest BCUT2D eigenvalue weighted by Crippen LogP contribution is -2.63. The number of aliphatic hydroxyl groups excluding tert-OH is 1. The number of nitrogens with zero attached hydrogens (tertiary/aromatic N) is 2. The lowest BCUT2D eigenvalue weighted by Gasteiger charge is -2.46. The molecule has 12 nitrogen and oxygen atoms in total. The molecule has 0 saturated carbocycles. The SMILES string of the molecule is CC(=O)O[C@@H]1CN(C(=O)[C@@H]2C[C@H](SC3=C(C(=O)O)N4C(=O)[C@H]([C@@H](C)O)[C@H]4[C@H]3C)CN2)C[C@H]1OC(C)=O. The van der Waals surface area contributed by atoms with Gasteiger partial charge in [-0.1, -0.05) is 6.92 Å². The normalized spacial score (nSPS) is 34.4. The Hall–Kier alpha value is -2.64. The van der Waals surface area contributed by atoms with Crippen LogP contribution < -0.4 is 5.32 Å². The molecule has 13 heteroatoms. The number of aliphatic carboxylic acids is 1. The molecule has 3 N–H and O–H groups in total. The van der Waals surface area contributed by atoms with Crippen molar-refractivity contribution in [1.82, 2.24) is 15.1 Å². The lowest BCUT2D eigenvalue weighted by atomic mass is 9.79. The summed E-state index contributed by atoms with van der Waals surface area (Å²) in [6.45, 7) is 6.56. The maximum Gasteiger partial charge on any atom is 0.353 e. The second-order valence-corrected chi connectivity index (χ2v) is 11.1. The third-order valence-electron chi connectivity index (χ3n) is 7.16. The molecule has 0 radical (unpaired) electrons. The molecule has 4 rings (SSSR count). The van der Waals surface area contributed by atoms with Crippen LogP contribution in [0.25, 0.3) is 0 Å². The third-order valence-corrected chi connectivity index (χ3v) is 8.67. The smallest absolute Gasteiger partial charge is 0.353 e. The van der Waals surface area contributed by atoms with Crippen LogP contribution in [0, 0.1) is 11.8 Å². The summed E-state index contributed by atoms with van der Waals surface area (Å²) in [5.41, 5.74) is -0.0397. The monoisotopic (exact) mass is 525 g/mol. The second-order valence-electron chi connectivity index (χ2n) is 9.75. The van der Waals surface area contributed by atoms with Gasteiger partial charge >= 0.3 is 17.9 Å². The van der Waals surface area contributed by atoms with Gasteiger partial charge in [0.2, 0.25) is 11.8 Å². The highest BCUT2D eigenvalue weighted by atomic mass is 32.2. The summed E-state index contributed by atoms with van der Waals surface area (Å²) in [5.74, 6) is -3.73.